The molecule has 4 heteroatoms. The van der Waals surface area contributed by atoms with Crippen molar-refractivity contribution in [2.45, 2.75) is 19.8 Å². The zero-order valence-electron chi connectivity index (χ0n) is 16.4. The van der Waals surface area contributed by atoms with Gasteiger partial charge in [-0.1, -0.05) is 55.1 Å². The van der Waals surface area contributed by atoms with Gasteiger partial charge in [0.1, 0.15) is 11.6 Å². The van der Waals surface area contributed by atoms with Gasteiger partial charge in [0.05, 0.1) is 0 Å². The van der Waals surface area contributed by atoms with Gasteiger partial charge >= 0.3 is 0 Å². The molecule has 0 radical (unpaired) electrons. The molecule has 0 spiro atoms. The van der Waals surface area contributed by atoms with Gasteiger partial charge in [-0.3, -0.25) is 5.41 Å². The summed E-state index contributed by atoms with van der Waals surface area (Å²) in [5.41, 5.74) is 4.71. The Labute approximate surface area is 170 Å². The number of aryl methyl sites for hydroxylation is 1. The van der Waals surface area contributed by atoms with Crippen LogP contribution in [0.4, 0.5) is 4.39 Å². The molecule has 3 aromatic carbocycles. The lowest BCUT2D eigenvalue weighted by Gasteiger charge is -2.10. The van der Waals surface area contributed by atoms with Crippen LogP contribution < -0.4 is 4.74 Å². The Morgan fingerprint density at radius 3 is 2.17 bits per heavy atom. The van der Waals surface area contributed by atoms with E-state index in [0.717, 1.165) is 35.1 Å². The lowest BCUT2D eigenvalue weighted by atomic mass is 9.98. The number of hydrogen-bond acceptors (Lipinski definition) is 3. The molecule has 0 aliphatic heterocycles. The molecule has 0 unspecified atom stereocenters. The molecule has 0 heterocycles. The zero-order valence-corrected chi connectivity index (χ0v) is 16.4. The Morgan fingerprint density at radius 2 is 1.59 bits per heavy atom. The van der Waals surface area contributed by atoms with Crippen LogP contribution in [0.5, 0.6) is 5.75 Å². The van der Waals surface area contributed by atoms with Gasteiger partial charge in [-0.05, 0) is 60.2 Å². The number of nitrogens with one attached hydrogen (secondary N) is 1. The second-order valence-electron chi connectivity index (χ2n) is 6.95. The lowest BCUT2D eigenvalue weighted by molar-refractivity contribution is 0.288. The maximum Gasteiger partial charge on any atom is 0.214 e. The number of rotatable bonds is 7. The lowest BCUT2D eigenvalue weighted by Crippen LogP contribution is -2.06. The van der Waals surface area contributed by atoms with E-state index in [2.05, 4.69) is 6.58 Å². The Balaban J connectivity index is 1.77. The third kappa shape index (κ3) is 5.18. The van der Waals surface area contributed by atoms with Gasteiger partial charge in [-0.15, -0.1) is 0 Å². The van der Waals surface area contributed by atoms with E-state index < -0.39 is 0 Å². The van der Waals surface area contributed by atoms with E-state index >= 15 is 0 Å². The van der Waals surface area contributed by atoms with E-state index in [4.69, 9.17) is 15.3 Å². The van der Waals surface area contributed by atoms with Crippen LogP contribution in [-0.2, 0) is 6.42 Å². The SMILES string of the molecule is C=C(C)C(=N)Oc1ccc(-c2ccc(-c3ccc(CCCO)cc3)cc2F)cc1. The highest BCUT2D eigenvalue weighted by Gasteiger charge is 2.09. The van der Waals surface area contributed by atoms with Crippen LogP contribution in [0.2, 0.25) is 0 Å². The third-order valence-electron chi connectivity index (χ3n) is 4.65. The monoisotopic (exact) mass is 389 g/mol. The summed E-state index contributed by atoms with van der Waals surface area (Å²) in [5.74, 6) is 0.228. The van der Waals surface area contributed by atoms with Crippen LogP contribution in [0.25, 0.3) is 22.3 Å². The number of benzene rings is 3. The normalized spacial score (nSPS) is 10.6. The first kappa shape index (κ1) is 20.5. The molecule has 0 aliphatic rings. The van der Waals surface area contributed by atoms with Crippen LogP contribution in [0.3, 0.4) is 0 Å². The summed E-state index contributed by atoms with van der Waals surface area (Å²) in [6.07, 6.45) is 1.57. The summed E-state index contributed by atoms with van der Waals surface area (Å²) >= 11 is 0. The Morgan fingerprint density at radius 1 is 0.966 bits per heavy atom. The molecule has 0 aliphatic carbocycles. The summed E-state index contributed by atoms with van der Waals surface area (Å²) in [6, 6.07) is 20.2. The van der Waals surface area contributed by atoms with E-state index in [0.29, 0.717) is 16.9 Å². The smallest absolute Gasteiger partial charge is 0.214 e. The molecule has 3 nitrogen and oxygen atoms in total. The van der Waals surface area contributed by atoms with Gasteiger partial charge in [0.2, 0.25) is 5.90 Å². The predicted molar refractivity (Wildman–Crippen MR) is 116 cm³/mol. The Kier molecular flexibility index (Phi) is 6.57. The average Bonchev–Trinajstić information content (AvgIpc) is 2.73. The zero-order chi connectivity index (χ0) is 20.8. The highest BCUT2D eigenvalue weighted by Crippen LogP contribution is 2.29. The van der Waals surface area contributed by atoms with Crippen molar-refractivity contribution in [1.82, 2.24) is 0 Å². The van der Waals surface area contributed by atoms with E-state index in [9.17, 15) is 4.39 Å². The highest BCUT2D eigenvalue weighted by molar-refractivity contribution is 5.91. The number of aliphatic hydroxyl groups excluding tert-OH is 1. The van der Waals surface area contributed by atoms with Crippen LogP contribution in [0, 0.1) is 11.2 Å². The minimum Gasteiger partial charge on any atom is -0.439 e. The summed E-state index contributed by atoms with van der Waals surface area (Å²) in [5, 5.41) is 16.6. The fourth-order valence-corrected chi connectivity index (χ4v) is 2.98. The molecule has 0 saturated carbocycles. The molecule has 2 N–H and O–H groups in total. The fourth-order valence-electron chi connectivity index (χ4n) is 2.98. The highest BCUT2D eigenvalue weighted by atomic mass is 19.1. The van der Waals surface area contributed by atoms with E-state index in [1.807, 2.05) is 30.3 Å². The van der Waals surface area contributed by atoms with Gasteiger partial charge in [-0.2, -0.15) is 0 Å². The summed E-state index contributed by atoms with van der Waals surface area (Å²) in [6.45, 7) is 5.55. The third-order valence-corrected chi connectivity index (χ3v) is 4.65. The van der Waals surface area contributed by atoms with Gasteiger partial charge in [-0.25, -0.2) is 4.39 Å². The number of hydrogen-bond donors (Lipinski definition) is 2. The molecule has 3 rings (SSSR count). The van der Waals surface area contributed by atoms with Crippen molar-refractivity contribution < 1.29 is 14.2 Å². The molecular weight excluding hydrogens is 365 g/mol. The van der Waals surface area contributed by atoms with Crippen molar-refractivity contribution in [3.8, 4) is 28.0 Å². The van der Waals surface area contributed by atoms with Crippen molar-refractivity contribution in [3.63, 3.8) is 0 Å². The molecule has 0 aromatic heterocycles. The molecular formula is C25H24FNO2. The molecule has 0 fully saturated rings. The first-order valence-electron chi connectivity index (χ1n) is 9.50. The summed E-state index contributed by atoms with van der Waals surface area (Å²) in [4.78, 5) is 0. The first-order chi connectivity index (χ1) is 14.0. The first-order valence-corrected chi connectivity index (χ1v) is 9.50. The summed E-state index contributed by atoms with van der Waals surface area (Å²) in [7, 11) is 0. The van der Waals surface area contributed by atoms with Crippen LogP contribution >= 0.6 is 0 Å². The molecule has 0 amide bonds. The topological polar surface area (TPSA) is 53.3 Å². The second kappa shape index (κ2) is 9.30. The molecule has 29 heavy (non-hydrogen) atoms. The Bertz CT molecular complexity index is 1010. The average molecular weight is 389 g/mol. The van der Waals surface area contributed by atoms with Crippen molar-refractivity contribution in [2.75, 3.05) is 6.61 Å². The minimum atomic E-state index is -0.296. The number of aliphatic hydroxyl groups is 1. The largest absolute Gasteiger partial charge is 0.439 e. The number of ether oxygens (including phenoxy) is 1. The van der Waals surface area contributed by atoms with Gasteiger partial charge in [0.15, 0.2) is 0 Å². The quantitative estimate of drug-likeness (QED) is 0.384. The molecule has 3 aromatic rings. The van der Waals surface area contributed by atoms with Crippen molar-refractivity contribution in [3.05, 3.63) is 90.3 Å². The predicted octanol–water partition coefficient (Wildman–Crippen LogP) is 6.02. The Hall–Kier alpha value is -3.24. The van der Waals surface area contributed by atoms with Crippen LogP contribution in [0.15, 0.2) is 78.9 Å². The second-order valence-corrected chi connectivity index (χ2v) is 6.95. The number of halogens is 1. The fraction of sp³-hybridized carbons (Fsp3) is 0.160. The molecule has 0 saturated heterocycles. The van der Waals surface area contributed by atoms with Gasteiger partial charge in [0.25, 0.3) is 0 Å². The van der Waals surface area contributed by atoms with Crippen LogP contribution in [0.1, 0.15) is 18.9 Å². The van der Waals surface area contributed by atoms with Gasteiger partial charge in [0, 0.05) is 17.7 Å². The van der Waals surface area contributed by atoms with E-state index in [-0.39, 0.29) is 18.3 Å². The molecule has 148 valence electrons. The van der Waals surface area contributed by atoms with E-state index in [1.165, 1.54) is 0 Å². The van der Waals surface area contributed by atoms with Crippen molar-refractivity contribution in [2.24, 2.45) is 0 Å². The van der Waals surface area contributed by atoms with Crippen LogP contribution in [-0.4, -0.2) is 17.6 Å². The standard InChI is InChI=1S/C25H24FNO2/c1-17(2)25(27)29-22-12-9-20(10-13-22)23-14-11-21(16-24(23)26)19-7-5-18(6-8-19)4-3-15-28/h5-14,16,27-28H,1,3-4,15H2,2H3. The maximum absolute atomic E-state index is 14.8. The maximum atomic E-state index is 14.8. The minimum absolute atomic E-state index is 0.00987. The van der Waals surface area contributed by atoms with Gasteiger partial charge < -0.3 is 9.84 Å². The van der Waals surface area contributed by atoms with Crippen molar-refractivity contribution >= 4 is 5.90 Å². The van der Waals surface area contributed by atoms with E-state index in [1.54, 1.807) is 43.3 Å². The summed E-state index contributed by atoms with van der Waals surface area (Å²) < 4.78 is 20.2. The van der Waals surface area contributed by atoms with Crippen molar-refractivity contribution in [1.29, 1.82) is 5.41 Å². The molecule has 0 atom stereocenters. The molecule has 0 bridgehead atoms.